The van der Waals surface area contributed by atoms with Crippen molar-refractivity contribution >= 4 is 18.3 Å². The summed E-state index contributed by atoms with van der Waals surface area (Å²) >= 11 is 0. The van der Waals surface area contributed by atoms with E-state index in [0.717, 1.165) is 18.4 Å². The van der Waals surface area contributed by atoms with Gasteiger partial charge in [0.05, 0.1) is 25.2 Å². The van der Waals surface area contributed by atoms with Gasteiger partial charge >= 0.3 is 0 Å². The Morgan fingerprint density at radius 3 is 2.48 bits per heavy atom. The molecule has 1 aliphatic heterocycles. The molecule has 1 heterocycles. The average molecular weight is 422 g/mol. The molecule has 1 saturated heterocycles. The maximum Gasteiger partial charge on any atom is 0.263 e. The Kier molecular flexibility index (Phi) is 6.27. The number of hydrogen-bond acceptors (Lipinski definition) is 6. The van der Waals surface area contributed by atoms with Crippen LogP contribution in [0.3, 0.4) is 0 Å². The van der Waals surface area contributed by atoms with Crippen molar-refractivity contribution < 1.29 is 19.5 Å². The highest BCUT2D eigenvalue weighted by molar-refractivity contribution is 5.88. The van der Waals surface area contributed by atoms with Crippen molar-refractivity contribution in [1.82, 2.24) is 10.4 Å². The van der Waals surface area contributed by atoms with E-state index in [9.17, 15) is 10.1 Å². The molecule has 0 bridgehead atoms. The molecule has 4 rings (SSSR count). The summed E-state index contributed by atoms with van der Waals surface area (Å²) in [5.41, 5.74) is 1.55. The number of likely N-dealkylation sites (tertiary alicyclic amines) is 1. The van der Waals surface area contributed by atoms with Gasteiger partial charge in [-0.2, -0.15) is 5.26 Å². The van der Waals surface area contributed by atoms with Crippen LogP contribution < -0.4 is 15.0 Å². The Morgan fingerprint density at radius 2 is 1.97 bits per heavy atom. The van der Waals surface area contributed by atoms with Crippen LogP contribution in [0.1, 0.15) is 44.1 Å². The Bertz CT molecular complexity index is 794. The topological polar surface area (TPSA) is 94.8 Å². The number of amides is 1. The van der Waals surface area contributed by atoms with Gasteiger partial charge in [0, 0.05) is 13.1 Å². The fourth-order valence-corrected chi connectivity index (χ4v) is 4.27. The van der Waals surface area contributed by atoms with Crippen molar-refractivity contribution in [2.24, 2.45) is 5.92 Å². The molecule has 7 nitrogen and oxygen atoms in total. The number of benzene rings is 1. The van der Waals surface area contributed by atoms with Crippen LogP contribution in [-0.4, -0.2) is 48.4 Å². The zero-order valence-electron chi connectivity index (χ0n) is 16.6. The van der Waals surface area contributed by atoms with E-state index in [2.05, 4.69) is 11.0 Å². The Balaban J connectivity index is 0.00000240. The first kappa shape index (κ1) is 21.7. The van der Waals surface area contributed by atoms with Gasteiger partial charge in [0.1, 0.15) is 5.54 Å². The quantitative estimate of drug-likeness (QED) is 0.519. The van der Waals surface area contributed by atoms with Crippen molar-refractivity contribution in [1.29, 1.82) is 5.26 Å². The zero-order valence-corrected chi connectivity index (χ0v) is 17.5. The fourth-order valence-electron chi connectivity index (χ4n) is 4.27. The van der Waals surface area contributed by atoms with E-state index in [1.54, 1.807) is 12.6 Å². The molecule has 0 spiro atoms. The van der Waals surface area contributed by atoms with E-state index in [-0.39, 0.29) is 18.3 Å². The molecule has 1 aromatic carbocycles. The highest BCUT2D eigenvalue weighted by Crippen LogP contribution is 2.47. The number of ether oxygens (including phenoxy) is 2. The Hall–Kier alpha value is -2.01. The lowest BCUT2D eigenvalue weighted by molar-refractivity contribution is -0.137. The first-order valence-electron chi connectivity index (χ1n) is 9.99. The largest absolute Gasteiger partial charge is 0.493 e. The van der Waals surface area contributed by atoms with Crippen molar-refractivity contribution in [3.8, 4) is 17.6 Å². The van der Waals surface area contributed by atoms with Crippen molar-refractivity contribution in [3.63, 3.8) is 0 Å². The van der Waals surface area contributed by atoms with Gasteiger partial charge in [-0.15, -0.1) is 12.4 Å². The van der Waals surface area contributed by atoms with Gasteiger partial charge < -0.3 is 9.47 Å². The van der Waals surface area contributed by atoms with Crippen LogP contribution in [0.25, 0.3) is 0 Å². The van der Waals surface area contributed by atoms with Crippen LogP contribution >= 0.6 is 12.4 Å². The summed E-state index contributed by atoms with van der Waals surface area (Å²) in [6.07, 6.45) is 5.20. The molecule has 0 radical (unpaired) electrons. The maximum atomic E-state index is 12.0. The van der Waals surface area contributed by atoms with Gasteiger partial charge in [0.2, 0.25) is 0 Å². The molecule has 0 unspecified atom stereocenters. The van der Waals surface area contributed by atoms with E-state index < -0.39 is 11.0 Å². The number of carbonyl (C=O) groups is 1. The first-order valence-corrected chi connectivity index (χ1v) is 9.99. The van der Waals surface area contributed by atoms with Gasteiger partial charge in [-0.3, -0.25) is 14.9 Å². The predicted octanol–water partition coefficient (Wildman–Crippen LogP) is 2.80. The second kappa shape index (κ2) is 8.39. The zero-order chi connectivity index (χ0) is 19.8. The number of nitrogens with zero attached hydrogens (tertiary/aromatic N) is 2. The summed E-state index contributed by atoms with van der Waals surface area (Å²) in [6.45, 7) is 1.97. The number of nitrogens with one attached hydrogen (secondary N) is 1. The normalized spacial score (nSPS) is 22.0. The number of hydrogen-bond donors (Lipinski definition) is 2. The lowest BCUT2D eigenvalue weighted by Gasteiger charge is -2.41. The third-order valence-corrected chi connectivity index (χ3v) is 6.57. The van der Waals surface area contributed by atoms with Gasteiger partial charge in [0.15, 0.2) is 11.5 Å². The molecule has 8 heteroatoms. The molecule has 3 fully saturated rings. The molecular weight excluding hydrogens is 394 g/mol. The number of piperidine rings is 1. The molecule has 29 heavy (non-hydrogen) atoms. The third kappa shape index (κ3) is 4.02. The maximum absolute atomic E-state index is 12.0. The van der Waals surface area contributed by atoms with Gasteiger partial charge in [-0.1, -0.05) is 6.07 Å². The molecule has 1 aromatic rings. The van der Waals surface area contributed by atoms with Crippen LogP contribution in [0.5, 0.6) is 11.5 Å². The molecular formula is C21H28ClN3O4. The number of rotatable bonds is 7. The summed E-state index contributed by atoms with van der Waals surface area (Å²) in [4.78, 5) is 14.2. The summed E-state index contributed by atoms with van der Waals surface area (Å²) in [5, 5.41) is 19.1. The lowest BCUT2D eigenvalue weighted by Crippen LogP contribution is -2.53. The smallest absolute Gasteiger partial charge is 0.263 e. The molecule has 2 N–H and O–H groups in total. The molecule has 2 aliphatic carbocycles. The van der Waals surface area contributed by atoms with Gasteiger partial charge in [-0.05, 0) is 62.1 Å². The van der Waals surface area contributed by atoms with E-state index in [1.165, 1.54) is 12.8 Å². The predicted molar refractivity (Wildman–Crippen MR) is 108 cm³/mol. The van der Waals surface area contributed by atoms with Crippen molar-refractivity contribution in [2.75, 3.05) is 26.8 Å². The third-order valence-electron chi connectivity index (χ3n) is 6.57. The molecule has 0 atom stereocenters. The minimum atomic E-state index is -0.605. The SMILES string of the molecule is COc1ccc(C2(C#N)CCN(C3(C(=O)NO)CC3)CC2)cc1OCC1CC1.Cl. The standard InChI is InChI=1S/C21H27N3O4.ClH/c1-27-17-5-4-16(12-18(17)28-13-15-2-3-15)20(14-22)8-10-24(11-9-20)21(6-7-21)19(25)23-26;/h4-5,12,15,26H,2-3,6-11,13H2,1H3,(H,23,25);1H. The van der Waals surface area contributed by atoms with Crippen molar-refractivity contribution in [3.05, 3.63) is 23.8 Å². The first-order chi connectivity index (χ1) is 13.6. The monoisotopic (exact) mass is 421 g/mol. The number of methoxy groups -OCH3 is 1. The Morgan fingerprint density at radius 1 is 1.28 bits per heavy atom. The van der Waals surface area contributed by atoms with Crippen molar-refractivity contribution in [2.45, 2.75) is 49.5 Å². The van der Waals surface area contributed by atoms with Crippen LogP contribution in [-0.2, 0) is 10.2 Å². The highest BCUT2D eigenvalue weighted by Gasteiger charge is 2.56. The van der Waals surface area contributed by atoms with Gasteiger partial charge in [0.25, 0.3) is 5.91 Å². The van der Waals surface area contributed by atoms with Gasteiger partial charge in [-0.25, -0.2) is 5.48 Å². The molecule has 0 aromatic heterocycles. The van der Waals surface area contributed by atoms with Crippen LogP contribution in [0.2, 0.25) is 0 Å². The van der Waals surface area contributed by atoms with E-state index in [0.29, 0.717) is 50.0 Å². The van der Waals surface area contributed by atoms with E-state index in [1.807, 2.05) is 18.2 Å². The lowest BCUT2D eigenvalue weighted by atomic mass is 9.73. The average Bonchev–Trinajstić information content (AvgIpc) is 3.66. The second-order valence-corrected chi connectivity index (χ2v) is 8.27. The van der Waals surface area contributed by atoms with Crippen LogP contribution in [0, 0.1) is 17.2 Å². The minimum Gasteiger partial charge on any atom is -0.493 e. The fraction of sp³-hybridized carbons (Fsp3) is 0.619. The number of halogens is 1. The number of nitriles is 1. The van der Waals surface area contributed by atoms with E-state index >= 15 is 0 Å². The van der Waals surface area contributed by atoms with E-state index in [4.69, 9.17) is 14.7 Å². The number of carbonyl (C=O) groups excluding carboxylic acids is 1. The molecule has 2 saturated carbocycles. The molecule has 158 valence electrons. The summed E-state index contributed by atoms with van der Waals surface area (Å²) < 4.78 is 11.4. The summed E-state index contributed by atoms with van der Waals surface area (Å²) in [7, 11) is 1.62. The minimum absolute atomic E-state index is 0. The summed E-state index contributed by atoms with van der Waals surface area (Å²) in [5.74, 6) is 1.68. The molecule has 3 aliphatic rings. The molecule has 1 amide bonds. The Labute approximate surface area is 177 Å². The number of hydroxylamine groups is 1. The van der Waals surface area contributed by atoms with Crippen LogP contribution in [0.4, 0.5) is 0 Å². The van der Waals surface area contributed by atoms with Crippen LogP contribution in [0.15, 0.2) is 18.2 Å². The second-order valence-electron chi connectivity index (χ2n) is 8.27. The summed E-state index contributed by atoms with van der Waals surface area (Å²) in [6, 6.07) is 8.32. The highest BCUT2D eigenvalue weighted by atomic mass is 35.5.